The molecule has 1 saturated heterocycles. The van der Waals surface area contributed by atoms with Crippen LogP contribution in [-0.4, -0.2) is 43.0 Å². The van der Waals surface area contributed by atoms with Gasteiger partial charge in [-0.15, -0.1) is 11.3 Å². The monoisotopic (exact) mass is 420 g/mol. The molecule has 1 aromatic carbocycles. The van der Waals surface area contributed by atoms with Crippen molar-refractivity contribution in [3.05, 3.63) is 56.8 Å². The van der Waals surface area contributed by atoms with Crippen molar-refractivity contribution in [3.63, 3.8) is 0 Å². The van der Waals surface area contributed by atoms with Crippen molar-refractivity contribution in [3.8, 4) is 0 Å². The Kier molecular flexibility index (Phi) is 5.91. The summed E-state index contributed by atoms with van der Waals surface area (Å²) in [5.74, 6) is -1.46. The lowest BCUT2D eigenvalue weighted by atomic mass is 9.87. The molecule has 1 atom stereocenters. The molecule has 0 spiro atoms. The number of carbonyl (C=O) groups excluding carboxylic acids is 2. The van der Waals surface area contributed by atoms with Crippen LogP contribution < -0.4 is 5.32 Å². The molecule has 1 aliphatic carbocycles. The molecule has 0 radical (unpaired) electrons. The molecule has 154 valence electrons. The quantitative estimate of drug-likeness (QED) is 0.828. The first-order chi connectivity index (χ1) is 14.0. The average molecular weight is 420 g/mol. The van der Waals surface area contributed by atoms with Crippen molar-refractivity contribution in [1.82, 2.24) is 10.2 Å². The molecule has 4 rings (SSSR count). The van der Waals surface area contributed by atoms with Gasteiger partial charge in [0, 0.05) is 36.0 Å². The van der Waals surface area contributed by atoms with E-state index in [0.717, 1.165) is 35.1 Å². The highest BCUT2D eigenvalue weighted by atomic mass is 32.1. The summed E-state index contributed by atoms with van der Waals surface area (Å²) in [5.41, 5.74) is 1.17. The second kappa shape index (κ2) is 8.59. The molecule has 0 saturated carbocycles. The van der Waals surface area contributed by atoms with Gasteiger partial charge in [0.05, 0.1) is 18.1 Å². The minimum atomic E-state index is -0.540. The minimum absolute atomic E-state index is 0.0234. The number of halogens is 2. The number of benzene rings is 1. The van der Waals surface area contributed by atoms with Crippen molar-refractivity contribution in [2.24, 2.45) is 5.92 Å². The molecule has 1 aromatic heterocycles. The van der Waals surface area contributed by atoms with Gasteiger partial charge in [0.25, 0.3) is 5.91 Å². The topological polar surface area (TPSA) is 58.6 Å². The number of thiophene rings is 1. The molecule has 0 bridgehead atoms. The molecule has 1 aliphatic heterocycles. The van der Waals surface area contributed by atoms with Crippen LogP contribution in [0.15, 0.2) is 24.3 Å². The molecule has 5 nitrogen and oxygen atoms in total. The Morgan fingerprint density at radius 3 is 2.79 bits per heavy atom. The molecular formula is C21H22F2N2O3S. The van der Waals surface area contributed by atoms with Gasteiger partial charge in [-0.2, -0.15) is 0 Å². The Morgan fingerprint density at radius 1 is 1.21 bits per heavy atom. The highest BCUT2D eigenvalue weighted by Gasteiger charge is 2.29. The van der Waals surface area contributed by atoms with Gasteiger partial charge in [0.15, 0.2) is 0 Å². The molecule has 2 amide bonds. The van der Waals surface area contributed by atoms with E-state index in [1.54, 1.807) is 4.90 Å². The lowest BCUT2D eigenvalue weighted by Crippen LogP contribution is -2.40. The van der Waals surface area contributed by atoms with Crippen molar-refractivity contribution in [2.75, 3.05) is 26.3 Å². The van der Waals surface area contributed by atoms with Crippen molar-refractivity contribution in [2.45, 2.75) is 25.8 Å². The van der Waals surface area contributed by atoms with Crippen LogP contribution in [0.2, 0.25) is 0 Å². The maximum absolute atomic E-state index is 13.7. The zero-order chi connectivity index (χ0) is 20.4. The number of amides is 2. The number of morpholine rings is 1. The van der Waals surface area contributed by atoms with E-state index in [0.29, 0.717) is 44.0 Å². The van der Waals surface area contributed by atoms with E-state index in [2.05, 4.69) is 5.32 Å². The van der Waals surface area contributed by atoms with Gasteiger partial charge in [-0.3, -0.25) is 9.59 Å². The maximum atomic E-state index is 13.7. The number of ether oxygens (including phenoxy) is 1. The number of hydrogen-bond acceptors (Lipinski definition) is 4. The van der Waals surface area contributed by atoms with E-state index < -0.39 is 11.6 Å². The lowest BCUT2D eigenvalue weighted by Gasteiger charge is -2.26. The van der Waals surface area contributed by atoms with Gasteiger partial charge >= 0.3 is 0 Å². The highest BCUT2D eigenvalue weighted by Crippen LogP contribution is 2.33. The third kappa shape index (κ3) is 4.48. The lowest BCUT2D eigenvalue weighted by molar-refractivity contribution is -0.125. The zero-order valence-corrected chi connectivity index (χ0v) is 16.7. The van der Waals surface area contributed by atoms with Crippen molar-refractivity contribution in [1.29, 1.82) is 0 Å². The predicted molar refractivity (Wildman–Crippen MR) is 105 cm³/mol. The number of carbonyl (C=O) groups is 2. The largest absolute Gasteiger partial charge is 0.378 e. The Bertz CT molecular complexity index is 925. The van der Waals surface area contributed by atoms with Gasteiger partial charge in [0.1, 0.15) is 11.6 Å². The number of rotatable bonds is 4. The minimum Gasteiger partial charge on any atom is -0.378 e. The Morgan fingerprint density at radius 2 is 2.00 bits per heavy atom. The summed E-state index contributed by atoms with van der Waals surface area (Å²) in [4.78, 5) is 28.9. The maximum Gasteiger partial charge on any atom is 0.264 e. The summed E-state index contributed by atoms with van der Waals surface area (Å²) in [6, 6.07) is 5.11. The average Bonchev–Trinajstić information content (AvgIpc) is 3.17. The van der Waals surface area contributed by atoms with Crippen LogP contribution >= 0.6 is 11.3 Å². The van der Waals surface area contributed by atoms with Crippen LogP contribution in [0.5, 0.6) is 0 Å². The standard InChI is InChI=1S/C21H22F2N2O3S/c22-16-2-3-17(23)15(10-16)12-24-20(26)13-1-4-18-14(9-13)11-19(29-18)21(27)25-5-7-28-8-6-25/h2-3,10-11,13H,1,4-9,12H2,(H,24,26)/t13-/m0/s1. The number of fused-ring (bicyclic) bond motifs is 1. The van der Waals surface area contributed by atoms with E-state index in [9.17, 15) is 18.4 Å². The first-order valence-corrected chi connectivity index (χ1v) is 10.5. The van der Waals surface area contributed by atoms with E-state index >= 15 is 0 Å². The highest BCUT2D eigenvalue weighted by molar-refractivity contribution is 7.14. The van der Waals surface area contributed by atoms with Crippen LogP contribution in [0.4, 0.5) is 8.78 Å². The first-order valence-electron chi connectivity index (χ1n) is 9.71. The van der Waals surface area contributed by atoms with E-state index in [1.165, 1.54) is 11.3 Å². The number of aryl methyl sites for hydroxylation is 1. The summed E-state index contributed by atoms with van der Waals surface area (Å²) < 4.78 is 32.3. The number of nitrogens with one attached hydrogen (secondary N) is 1. The normalized spacial score (nSPS) is 19.0. The van der Waals surface area contributed by atoms with Gasteiger partial charge in [-0.25, -0.2) is 8.78 Å². The van der Waals surface area contributed by atoms with E-state index in [1.807, 2.05) is 6.07 Å². The fourth-order valence-corrected chi connectivity index (χ4v) is 4.96. The first kappa shape index (κ1) is 20.0. The Balaban J connectivity index is 1.38. The SMILES string of the molecule is O=C(NCc1cc(F)ccc1F)[C@H]1CCc2sc(C(=O)N3CCOCC3)cc2C1. The molecule has 2 aromatic rings. The number of nitrogens with zero attached hydrogens (tertiary/aromatic N) is 1. The zero-order valence-electron chi connectivity index (χ0n) is 15.9. The smallest absolute Gasteiger partial charge is 0.264 e. The summed E-state index contributed by atoms with van der Waals surface area (Å²) in [5, 5.41) is 2.72. The predicted octanol–water partition coefficient (Wildman–Crippen LogP) is 2.92. The molecule has 1 N–H and O–H groups in total. The molecule has 2 aliphatic rings. The van der Waals surface area contributed by atoms with Crippen molar-refractivity contribution < 1.29 is 23.1 Å². The van der Waals surface area contributed by atoms with Crippen LogP contribution in [0.3, 0.4) is 0 Å². The number of hydrogen-bond donors (Lipinski definition) is 1. The van der Waals surface area contributed by atoms with Gasteiger partial charge < -0.3 is 15.0 Å². The molecule has 2 heterocycles. The Labute approximate surface area is 171 Å². The van der Waals surface area contributed by atoms with E-state index in [4.69, 9.17) is 4.74 Å². The van der Waals surface area contributed by atoms with Crippen LogP contribution in [0.1, 0.15) is 32.1 Å². The third-order valence-electron chi connectivity index (χ3n) is 5.42. The summed E-state index contributed by atoms with van der Waals surface area (Å²) >= 11 is 1.51. The summed E-state index contributed by atoms with van der Waals surface area (Å²) in [6.07, 6.45) is 1.97. The molecular weight excluding hydrogens is 398 g/mol. The van der Waals surface area contributed by atoms with Crippen LogP contribution in [0.25, 0.3) is 0 Å². The van der Waals surface area contributed by atoms with Gasteiger partial charge in [-0.1, -0.05) is 0 Å². The molecule has 1 fully saturated rings. The molecule has 8 heteroatoms. The second-order valence-corrected chi connectivity index (χ2v) is 8.49. The Hall–Kier alpha value is -2.32. The summed E-state index contributed by atoms with van der Waals surface area (Å²) in [6.45, 7) is 2.28. The molecule has 0 unspecified atom stereocenters. The second-order valence-electron chi connectivity index (χ2n) is 7.36. The fraction of sp³-hybridized carbons (Fsp3) is 0.429. The third-order valence-corrected chi connectivity index (χ3v) is 6.65. The van der Waals surface area contributed by atoms with Gasteiger partial charge in [-0.05, 0) is 49.1 Å². The molecule has 29 heavy (non-hydrogen) atoms. The summed E-state index contributed by atoms with van der Waals surface area (Å²) in [7, 11) is 0. The van der Waals surface area contributed by atoms with Crippen LogP contribution in [-0.2, 0) is 28.9 Å². The van der Waals surface area contributed by atoms with Crippen LogP contribution in [0, 0.1) is 17.6 Å². The van der Waals surface area contributed by atoms with Gasteiger partial charge in [0.2, 0.25) is 5.91 Å². The van der Waals surface area contributed by atoms with E-state index in [-0.39, 0.29) is 29.8 Å². The fourth-order valence-electron chi connectivity index (χ4n) is 3.78. The van der Waals surface area contributed by atoms with Crippen molar-refractivity contribution >= 4 is 23.2 Å².